The van der Waals surface area contributed by atoms with Crippen LogP contribution in [0.1, 0.15) is 47.2 Å². The smallest absolute Gasteiger partial charge is 0.0726 e. The standard InChI is InChI=1S/C70H48N2/c1-69(2)58-28-13-11-25-56(58)68-61(69)31-18-34-66(68)71(49-38-35-46(36-39-49)45-19-5-3-6-20-45)50-40-42-55-54-41-37-47(43-62(54)70(63(55)44-50)59-29-14-9-23-52(59)53-24-10-15-30-60(53)70)51-27-17-33-65-67(51)57-26-12-16-32-64(57)72(65)48-21-7-4-8-22-48/h3-44H,1-2H3. The Morgan fingerprint density at radius 3 is 1.60 bits per heavy atom. The van der Waals surface area contributed by atoms with Crippen LogP contribution in [0, 0.1) is 0 Å². The first-order valence-electron chi connectivity index (χ1n) is 25.3. The molecule has 3 aliphatic carbocycles. The molecule has 11 aromatic carbocycles. The Balaban J connectivity index is 0.985. The highest BCUT2D eigenvalue weighted by molar-refractivity contribution is 6.16. The molecule has 72 heavy (non-hydrogen) atoms. The lowest BCUT2D eigenvalue weighted by molar-refractivity contribution is 0.660. The van der Waals surface area contributed by atoms with Gasteiger partial charge in [-0.15, -0.1) is 0 Å². The van der Waals surface area contributed by atoms with Crippen LogP contribution in [0.4, 0.5) is 17.1 Å². The van der Waals surface area contributed by atoms with Gasteiger partial charge in [0.2, 0.25) is 0 Å². The monoisotopic (exact) mass is 916 g/mol. The van der Waals surface area contributed by atoms with Crippen molar-refractivity contribution >= 4 is 38.9 Å². The molecule has 1 heterocycles. The van der Waals surface area contributed by atoms with Crippen LogP contribution in [-0.4, -0.2) is 4.57 Å². The molecule has 0 aliphatic heterocycles. The Morgan fingerprint density at radius 1 is 0.333 bits per heavy atom. The van der Waals surface area contributed by atoms with E-state index in [1.165, 1.54) is 117 Å². The Kier molecular flexibility index (Phi) is 8.66. The first kappa shape index (κ1) is 40.9. The fraction of sp³-hybridized carbons (Fsp3) is 0.0571. The van der Waals surface area contributed by atoms with Crippen molar-refractivity contribution in [1.82, 2.24) is 4.57 Å². The summed E-state index contributed by atoms with van der Waals surface area (Å²) in [5.74, 6) is 0. The number of rotatable bonds is 6. The van der Waals surface area contributed by atoms with Gasteiger partial charge in [0, 0.05) is 38.8 Å². The van der Waals surface area contributed by atoms with E-state index < -0.39 is 5.41 Å². The summed E-state index contributed by atoms with van der Waals surface area (Å²) in [6.45, 7) is 4.75. The number of benzene rings is 11. The number of para-hydroxylation sites is 2. The van der Waals surface area contributed by atoms with Crippen LogP contribution in [0.2, 0.25) is 0 Å². The molecule has 0 bridgehead atoms. The SMILES string of the molecule is CC1(C)c2ccccc2-c2c(N(c3ccc(-c4ccccc4)cc3)c3ccc4c(c3)C3(c5ccccc5-c5ccccc53)c3cc(-c5cccc6c5c5ccccc5n6-c5ccccc5)ccc3-4)cccc21. The number of nitrogens with zero attached hydrogens (tertiary/aromatic N) is 2. The molecule has 3 aliphatic rings. The van der Waals surface area contributed by atoms with Gasteiger partial charge in [-0.25, -0.2) is 0 Å². The van der Waals surface area contributed by atoms with E-state index in [0.717, 1.165) is 17.1 Å². The van der Waals surface area contributed by atoms with Gasteiger partial charge in [0.05, 0.1) is 22.1 Å². The lowest BCUT2D eigenvalue weighted by atomic mass is 9.70. The van der Waals surface area contributed by atoms with Crippen LogP contribution in [0.15, 0.2) is 255 Å². The second-order valence-corrected chi connectivity index (χ2v) is 20.3. The highest BCUT2D eigenvalue weighted by Gasteiger charge is 2.52. The van der Waals surface area contributed by atoms with Gasteiger partial charge in [-0.3, -0.25) is 0 Å². The largest absolute Gasteiger partial charge is 0.310 e. The minimum absolute atomic E-state index is 0.149. The molecule has 2 heteroatoms. The Morgan fingerprint density at radius 2 is 0.847 bits per heavy atom. The maximum absolute atomic E-state index is 2.54. The molecule has 0 saturated heterocycles. The minimum Gasteiger partial charge on any atom is -0.310 e. The van der Waals surface area contributed by atoms with Crippen molar-refractivity contribution in [2.75, 3.05) is 4.90 Å². The lowest BCUT2D eigenvalue weighted by Crippen LogP contribution is -2.26. The molecule has 1 spiro atoms. The highest BCUT2D eigenvalue weighted by atomic mass is 15.1. The van der Waals surface area contributed by atoms with Gasteiger partial charge in [0.25, 0.3) is 0 Å². The minimum atomic E-state index is -0.578. The zero-order valence-electron chi connectivity index (χ0n) is 40.1. The van der Waals surface area contributed by atoms with Crippen molar-refractivity contribution in [3.8, 4) is 61.3 Å². The van der Waals surface area contributed by atoms with Crippen LogP contribution >= 0.6 is 0 Å². The predicted molar refractivity (Wildman–Crippen MR) is 300 cm³/mol. The third-order valence-electron chi connectivity index (χ3n) is 16.4. The molecule has 0 atom stereocenters. The summed E-state index contributed by atoms with van der Waals surface area (Å²) >= 11 is 0. The topological polar surface area (TPSA) is 8.17 Å². The normalized spacial score (nSPS) is 13.9. The van der Waals surface area contributed by atoms with E-state index in [0.29, 0.717) is 0 Å². The molecule has 0 fully saturated rings. The molecule has 0 unspecified atom stereocenters. The van der Waals surface area contributed by atoms with E-state index in [-0.39, 0.29) is 5.41 Å². The van der Waals surface area contributed by atoms with Crippen molar-refractivity contribution in [3.63, 3.8) is 0 Å². The zero-order valence-corrected chi connectivity index (χ0v) is 40.1. The fourth-order valence-corrected chi connectivity index (χ4v) is 13.3. The average Bonchev–Trinajstić information content (AvgIpc) is 4.12. The average molecular weight is 917 g/mol. The van der Waals surface area contributed by atoms with Crippen molar-refractivity contribution in [3.05, 3.63) is 288 Å². The first-order valence-corrected chi connectivity index (χ1v) is 25.3. The van der Waals surface area contributed by atoms with E-state index in [2.05, 4.69) is 278 Å². The summed E-state index contributed by atoms with van der Waals surface area (Å²) in [6.07, 6.45) is 0. The molecule has 1 aromatic heterocycles. The summed E-state index contributed by atoms with van der Waals surface area (Å²) in [7, 11) is 0. The molecule has 0 radical (unpaired) electrons. The van der Waals surface area contributed by atoms with Crippen molar-refractivity contribution < 1.29 is 0 Å². The molecular weight excluding hydrogens is 869 g/mol. The van der Waals surface area contributed by atoms with E-state index >= 15 is 0 Å². The molecule has 338 valence electrons. The van der Waals surface area contributed by atoms with Gasteiger partial charge in [-0.1, -0.05) is 208 Å². The summed E-state index contributed by atoms with van der Waals surface area (Å²) in [5.41, 5.74) is 26.9. The first-order chi connectivity index (χ1) is 35.5. The van der Waals surface area contributed by atoms with Gasteiger partial charge >= 0.3 is 0 Å². The maximum atomic E-state index is 2.54. The van der Waals surface area contributed by atoms with Crippen molar-refractivity contribution in [2.45, 2.75) is 24.7 Å². The molecule has 15 rings (SSSR count). The highest BCUT2D eigenvalue weighted by Crippen LogP contribution is 2.64. The quantitative estimate of drug-likeness (QED) is 0.161. The molecular formula is C70H48N2. The second-order valence-electron chi connectivity index (χ2n) is 20.3. The lowest BCUT2D eigenvalue weighted by Gasteiger charge is -2.33. The van der Waals surface area contributed by atoms with Gasteiger partial charge in [-0.2, -0.15) is 0 Å². The van der Waals surface area contributed by atoms with E-state index in [1.807, 2.05) is 0 Å². The molecule has 2 nitrogen and oxygen atoms in total. The Hall–Kier alpha value is -8.98. The van der Waals surface area contributed by atoms with Gasteiger partial charge in [0.15, 0.2) is 0 Å². The van der Waals surface area contributed by atoms with Crippen LogP contribution in [-0.2, 0) is 10.8 Å². The summed E-state index contributed by atoms with van der Waals surface area (Å²) < 4.78 is 2.42. The number of aromatic nitrogens is 1. The maximum Gasteiger partial charge on any atom is 0.0726 e. The van der Waals surface area contributed by atoms with Crippen LogP contribution in [0.25, 0.3) is 83.1 Å². The van der Waals surface area contributed by atoms with Gasteiger partial charge < -0.3 is 9.47 Å². The van der Waals surface area contributed by atoms with Crippen LogP contribution in [0.3, 0.4) is 0 Å². The number of hydrogen-bond donors (Lipinski definition) is 0. The third-order valence-corrected chi connectivity index (χ3v) is 16.4. The number of fused-ring (bicyclic) bond motifs is 16. The summed E-state index contributed by atoms with van der Waals surface area (Å²) in [4.78, 5) is 2.53. The molecule has 0 saturated carbocycles. The molecule has 12 aromatic rings. The number of hydrogen-bond acceptors (Lipinski definition) is 1. The second kappa shape index (κ2) is 15.3. The molecule has 0 N–H and O–H groups in total. The Bertz CT molecular complexity index is 4130. The zero-order chi connectivity index (χ0) is 47.7. The van der Waals surface area contributed by atoms with Gasteiger partial charge in [-0.05, 0) is 144 Å². The fourth-order valence-electron chi connectivity index (χ4n) is 13.3. The van der Waals surface area contributed by atoms with Crippen LogP contribution in [0.5, 0.6) is 0 Å². The predicted octanol–water partition coefficient (Wildman–Crippen LogP) is 18.2. The van der Waals surface area contributed by atoms with Crippen molar-refractivity contribution in [1.29, 1.82) is 0 Å². The van der Waals surface area contributed by atoms with E-state index in [1.54, 1.807) is 0 Å². The van der Waals surface area contributed by atoms with E-state index in [4.69, 9.17) is 0 Å². The number of anilines is 3. The summed E-state index contributed by atoms with van der Waals surface area (Å²) in [6, 6.07) is 95.4. The van der Waals surface area contributed by atoms with Crippen molar-refractivity contribution in [2.24, 2.45) is 0 Å². The van der Waals surface area contributed by atoms with Gasteiger partial charge in [0.1, 0.15) is 0 Å². The Labute approximate surface area is 420 Å². The third kappa shape index (κ3) is 5.55. The van der Waals surface area contributed by atoms with Crippen LogP contribution < -0.4 is 4.90 Å². The summed E-state index contributed by atoms with van der Waals surface area (Å²) in [5, 5.41) is 2.52. The molecule has 0 amide bonds. The van der Waals surface area contributed by atoms with E-state index in [9.17, 15) is 0 Å².